The fourth-order valence-electron chi connectivity index (χ4n) is 2.05. The zero-order valence-electron chi connectivity index (χ0n) is 10.4. The second-order valence-corrected chi connectivity index (χ2v) is 5.05. The minimum Gasteiger partial charge on any atom is -0.376 e. The van der Waals surface area contributed by atoms with Crippen molar-refractivity contribution in [1.82, 2.24) is 14.8 Å². The van der Waals surface area contributed by atoms with Crippen LogP contribution in [0, 0.1) is 6.92 Å². The van der Waals surface area contributed by atoms with Gasteiger partial charge in [0, 0.05) is 5.54 Å². The lowest BCUT2D eigenvalue weighted by molar-refractivity contribution is -0.0957. The Bertz CT molecular complexity index is 362. The van der Waals surface area contributed by atoms with Gasteiger partial charge in [-0.2, -0.15) is 0 Å². The van der Waals surface area contributed by atoms with Crippen LogP contribution in [0.4, 0.5) is 0 Å². The summed E-state index contributed by atoms with van der Waals surface area (Å²) in [6.45, 7) is 10.2. The molecular formula is C11H19N3O2. The minimum atomic E-state index is -0.0887. The Kier molecular flexibility index (Phi) is 2.99. The predicted octanol–water partition coefficient (Wildman–Crippen LogP) is 1.43. The van der Waals surface area contributed by atoms with Gasteiger partial charge in [-0.3, -0.25) is 0 Å². The van der Waals surface area contributed by atoms with E-state index in [-0.39, 0.29) is 11.6 Å². The van der Waals surface area contributed by atoms with Crippen LogP contribution in [0.5, 0.6) is 0 Å². The second kappa shape index (κ2) is 4.14. The first-order chi connectivity index (χ1) is 7.50. The van der Waals surface area contributed by atoms with Gasteiger partial charge in [-0.25, -0.2) is 0 Å². The third-order valence-electron chi connectivity index (χ3n) is 2.62. The molecule has 2 heterocycles. The van der Waals surface area contributed by atoms with Crippen molar-refractivity contribution in [3.05, 3.63) is 11.6 Å². The molecule has 1 unspecified atom stereocenters. The van der Waals surface area contributed by atoms with Crippen LogP contribution in [0.2, 0.25) is 0 Å². The molecular weight excluding hydrogens is 206 g/mol. The zero-order valence-corrected chi connectivity index (χ0v) is 10.4. The van der Waals surface area contributed by atoms with E-state index in [1.54, 1.807) is 0 Å². The van der Waals surface area contributed by atoms with E-state index in [0.717, 1.165) is 11.6 Å². The molecule has 5 nitrogen and oxygen atoms in total. The molecule has 90 valence electrons. The Labute approximate surface area is 95.8 Å². The van der Waals surface area contributed by atoms with Gasteiger partial charge in [0.1, 0.15) is 11.9 Å². The first kappa shape index (κ1) is 11.5. The molecule has 1 saturated heterocycles. The molecule has 1 aromatic rings. The smallest absolute Gasteiger partial charge is 0.165 e. The summed E-state index contributed by atoms with van der Waals surface area (Å²) in [6.07, 6.45) is -0.0887. The van der Waals surface area contributed by atoms with Crippen LogP contribution in [0.15, 0.2) is 0 Å². The molecule has 1 aromatic heterocycles. The minimum absolute atomic E-state index is 0.0380. The highest BCUT2D eigenvalue weighted by atomic mass is 16.6. The summed E-state index contributed by atoms with van der Waals surface area (Å²) in [7, 11) is 0. The average Bonchev–Trinajstić information content (AvgIpc) is 2.61. The Morgan fingerprint density at radius 3 is 2.56 bits per heavy atom. The van der Waals surface area contributed by atoms with E-state index in [2.05, 4.69) is 35.5 Å². The topological polar surface area (TPSA) is 49.2 Å². The van der Waals surface area contributed by atoms with E-state index in [0.29, 0.717) is 19.8 Å². The first-order valence-electron chi connectivity index (χ1n) is 5.62. The van der Waals surface area contributed by atoms with Crippen LogP contribution >= 0.6 is 0 Å². The normalized spacial score (nSPS) is 22.4. The van der Waals surface area contributed by atoms with Gasteiger partial charge in [-0.05, 0) is 27.7 Å². The molecule has 2 rings (SSSR count). The van der Waals surface area contributed by atoms with E-state index in [9.17, 15) is 0 Å². The van der Waals surface area contributed by atoms with Crippen LogP contribution < -0.4 is 0 Å². The van der Waals surface area contributed by atoms with Gasteiger partial charge in [-0.15, -0.1) is 10.2 Å². The van der Waals surface area contributed by atoms with Gasteiger partial charge >= 0.3 is 0 Å². The third-order valence-corrected chi connectivity index (χ3v) is 2.62. The quantitative estimate of drug-likeness (QED) is 0.725. The number of hydrogen-bond donors (Lipinski definition) is 0. The number of rotatable bonds is 1. The maximum atomic E-state index is 5.66. The van der Waals surface area contributed by atoms with E-state index in [4.69, 9.17) is 9.47 Å². The van der Waals surface area contributed by atoms with E-state index >= 15 is 0 Å². The van der Waals surface area contributed by atoms with Crippen molar-refractivity contribution < 1.29 is 9.47 Å². The number of hydrogen-bond acceptors (Lipinski definition) is 4. The molecule has 0 bridgehead atoms. The first-order valence-corrected chi connectivity index (χ1v) is 5.62. The van der Waals surface area contributed by atoms with E-state index in [1.807, 2.05) is 6.92 Å². The van der Waals surface area contributed by atoms with E-state index in [1.165, 1.54) is 0 Å². The van der Waals surface area contributed by atoms with Crippen molar-refractivity contribution in [1.29, 1.82) is 0 Å². The molecule has 0 spiro atoms. The Balaban J connectivity index is 2.33. The Hall–Kier alpha value is -0.940. The summed E-state index contributed by atoms with van der Waals surface area (Å²) in [4.78, 5) is 0. The highest BCUT2D eigenvalue weighted by molar-refractivity contribution is 5.03. The highest BCUT2D eigenvalue weighted by Crippen LogP contribution is 2.25. The maximum Gasteiger partial charge on any atom is 0.165 e. The number of ether oxygens (including phenoxy) is 2. The van der Waals surface area contributed by atoms with Crippen LogP contribution in [-0.2, 0) is 15.0 Å². The monoisotopic (exact) mass is 225 g/mol. The summed E-state index contributed by atoms with van der Waals surface area (Å²) in [5.41, 5.74) is -0.0380. The molecule has 0 aliphatic carbocycles. The van der Waals surface area contributed by atoms with Crippen molar-refractivity contribution in [3.8, 4) is 0 Å². The lowest BCUT2D eigenvalue weighted by Crippen LogP contribution is -2.31. The standard InChI is InChI=1S/C11H19N3O2/c1-8-12-13-10(14(8)11(2,3)4)9-7-15-5-6-16-9/h9H,5-7H2,1-4H3. The maximum absolute atomic E-state index is 5.66. The summed E-state index contributed by atoms with van der Waals surface area (Å²) in [5.74, 6) is 1.78. The summed E-state index contributed by atoms with van der Waals surface area (Å²) in [6, 6.07) is 0. The number of nitrogens with zero attached hydrogens (tertiary/aromatic N) is 3. The number of aromatic nitrogens is 3. The molecule has 1 aliphatic heterocycles. The summed E-state index contributed by atoms with van der Waals surface area (Å²) >= 11 is 0. The molecule has 0 saturated carbocycles. The molecule has 1 atom stereocenters. The van der Waals surface area contributed by atoms with Gasteiger partial charge in [-0.1, -0.05) is 0 Å². The van der Waals surface area contributed by atoms with E-state index < -0.39 is 0 Å². The lowest BCUT2D eigenvalue weighted by Gasteiger charge is -2.28. The fourth-order valence-corrected chi connectivity index (χ4v) is 2.05. The molecule has 0 N–H and O–H groups in total. The third kappa shape index (κ3) is 2.10. The fraction of sp³-hybridized carbons (Fsp3) is 0.818. The zero-order chi connectivity index (χ0) is 11.8. The SMILES string of the molecule is Cc1nnc(C2COCCO2)n1C(C)(C)C. The molecule has 5 heteroatoms. The largest absolute Gasteiger partial charge is 0.376 e. The van der Waals surface area contributed by atoms with Gasteiger partial charge < -0.3 is 14.0 Å². The molecule has 1 fully saturated rings. The van der Waals surface area contributed by atoms with Crippen LogP contribution in [0.1, 0.15) is 38.5 Å². The van der Waals surface area contributed by atoms with Gasteiger partial charge in [0.25, 0.3) is 0 Å². The van der Waals surface area contributed by atoms with Crippen molar-refractivity contribution >= 4 is 0 Å². The Morgan fingerprint density at radius 2 is 2.00 bits per heavy atom. The van der Waals surface area contributed by atoms with Crippen molar-refractivity contribution in [3.63, 3.8) is 0 Å². The highest BCUT2D eigenvalue weighted by Gasteiger charge is 2.28. The molecule has 0 radical (unpaired) electrons. The molecule has 0 aromatic carbocycles. The van der Waals surface area contributed by atoms with Gasteiger partial charge in [0.15, 0.2) is 5.82 Å². The van der Waals surface area contributed by atoms with Crippen molar-refractivity contribution in [2.24, 2.45) is 0 Å². The molecule has 1 aliphatic rings. The second-order valence-electron chi connectivity index (χ2n) is 5.05. The summed E-state index contributed by atoms with van der Waals surface area (Å²) in [5, 5.41) is 8.35. The van der Waals surface area contributed by atoms with Crippen LogP contribution in [-0.4, -0.2) is 34.6 Å². The lowest BCUT2D eigenvalue weighted by atomic mass is 10.1. The predicted molar refractivity (Wildman–Crippen MR) is 59.3 cm³/mol. The molecule has 16 heavy (non-hydrogen) atoms. The molecule has 0 amide bonds. The summed E-state index contributed by atoms with van der Waals surface area (Å²) < 4.78 is 13.2. The van der Waals surface area contributed by atoms with Crippen molar-refractivity contribution in [2.45, 2.75) is 39.3 Å². The Morgan fingerprint density at radius 1 is 1.25 bits per heavy atom. The average molecular weight is 225 g/mol. The van der Waals surface area contributed by atoms with Crippen LogP contribution in [0.3, 0.4) is 0 Å². The van der Waals surface area contributed by atoms with Crippen molar-refractivity contribution in [2.75, 3.05) is 19.8 Å². The number of aryl methyl sites for hydroxylation is 1. The van der Waals surface area contributed by atoms with Gasteiger partial charge in [0.2, 0.25) is 0 Å². The van der Waals surface area contributed by atoms with Gasteiger partial charge in [0.05, 0.1) is 19.8 Å². The van der Waals surface area contributed by atoms with Crippen LogP contribution in [0.25, 0.3) is 0 Å².